The first-order valence-electron chi connectivity index (χ1n) is 9.21. The zero-order valence-electron chi connectivity index (χ0n) is 14.6. The van der Waals surface area contributed by atoms with Gasteiger partial charge in [-0.05, 0) is 30.5 Å². The molecule has 0 atom stereocenters. The number of nitrogens with one attached hydrogen (secondary N) is 1. The highest BCUT2D eigenvalue weighted by Gasteiger charge is 2.00. The molecule has 3 heteroatoms. The largest absolute Gasteiger partial charge is 0.325 e. The minimum Gasteiger partial charge on any atom is -0.325 e. The van der Waals surface area contributed by atoms with E-state index in [9.17, 15) is 4.79 Å². The summed E-state index contributed by atoms with van der Waals surface area (Å²) < 4.78 is 0. The molecule has 2 nitrogen and oxygen atoms in total. The molecule has 0 aliphatic carbocycles. The van der Waals surface area contributed by atoms with Gasteiger partial charge in [-0.1, -0.05) is 76.8 Å². The van der Waals surface area contributed by atoms with Crippen molar-refractivity contribution in [3.05, 3.63) is 29.8 Å². The first kappa shape index (κ1) is 20.0. The molecule has 0 bridgehead atoms. The van der Waals surface area contributed by atoms with Crippen LogP contribution >= 0.6 is 11.6 Å². The van der Waals surface area contributed by atoms with Crippen LogP contribution in [0.2, 0.25) is 0 Å². The third-order valence-corrected chi connectivity index (χ3v) is 4.42. The number of alkyl halides is 1. The van der Waals surface area contributed by atoms with Crippen molar-refractivity contribution in [3.63, 3.8) is 0 Å². The lowest BCUT2D eigenvalue weighted by molar-refractivity contribution is -0.113. The maximum absolute atomic E-state index is 11.2. The van der Waals surface area contributed by atoms with Crippen LogP contribution in [0.15, 0.2) is 24.3 Å². The number of hydrogen-bond donors (Lipinski definition) is 1. The van der Waals surface area contributed by atoms with Gasteiger partial charge in [-0.25, -0.2) is 0 Å². The maximum atomic E-state index is 11.2. The molecule has 0 spiro atoms. The van der Waals surface area contributed by atoms with E-state index in [-0.39, 0.29) is 11.8 Å². The van der Waals surface area contributed by atoms with Gasteiger partial charge in [0.15, 0.2) is 0 Å². The minimum absolute atomic E-state index is 0.000352. The van der Waals surface area contributed by atoms with E-state index in [2.05, 4.69) is 24.4 Å². The molecule has 0 aliphatic rings. The standard InChI is InChI=1S/C20H32ClNO/c1-2-3-4-5-6-7-8-9-10-11-12-18-13-15-19(16-14-18)22-20(23)17-21/h13-16H,2-12,17H2,1H3,(H,22,23). The van der Waals surface area contributed by atoms with Crippen LogP contribution in [0, 0.1) is 0 Å². The lowest BCUT2D eigenvalue weighted by Gasteiger charge is -2.06. The van der Waals surface area contributed by atoms with Crippen molar-refractivity contribution in [1.82, 2.24) is 0 Å². The average Bonchev–Trinajstić information content (AvgIpc) is 2.58. The highest BCUT2D eigenvalue weighted by Crippen LogP contribution is 2.14. The van der Waals surface area contributed by atoms with Gasteiger partial charge in [-0.15, -0.1) is 11.6 Å². The van der Waals surface area contributed by atoms with Crippen molar-refractivity contribution in [2.24, 2.45) is 0 Å². The summed E-state index contributed by atoms with van der Waals surface area (Å²) >= 11 is 5.47. The van der Waals surface area contributed by atoms with Crippen molar-refractivity contribution in [2.45, 2.75) is 77.6 Å². The van der Waals surface area contributed by atoms with E-state index < -0.39 is 0 Å². The monoisotopic (exact) mass is 337 g/mol. The van der Waals surface area contributed by atoms with Gasteiger partial charge in [0, 0.05) is 5.69 Å². The van der Waals surface area contributed by atoms with Gasteiger partial charge in [0.2, 0.25) is 5.91 Å². The van der Waals surface area contributed by atoms with Crippen molar-refractivity contribution in [2.75, 3.05) is 11.2 Å². The summed E-state index contributed by atoms with van der Waals surface area (Å²) in [6.45, 7) is 2.27. The van der Waals surface area contributed by atoms with Gasteiger partial charge in [-0.3, -0.25) is 4.79 Å². The zero-order chi connectivity index (χ0) is 16.8. The molecule has 0 aliphatic heterocycles. The van der Waals surface area contributed by atoms with Gasteiger partial charge in [-0.2, -0.15) is 0 Å². The van der Waals surface area contributed by atoms with Crippen molar-refractivity contribution in [1.29, 1.82) is 0 Å². The van der Waals surface area contributed by atoms with E-state index in [1.54, 1.807) is 0 Å². The molecular weight excluding hydrogens is 306 g/mol. The first-order valence-corrected chi connectivity index (χ1v) is 9.74. The lowest BCUT2D eigenvalue weighted by atomic mass is 10.0. The summed E-state index contributed by atoms with van der Waals surface area (Å²) in [4.78, 5) is 11.2. The minimum atomic E-state index is -0.158. The van der Waals surface area contributed by atoms with E-state index in [0.29, 0.717) is 0 Å². The number of carbonyl (C=O) groups excluding carboxylic acids is 1. The van der Waals surface area contributed by atoms with Gasteiger partial charge in [0.05, 0.1) is 0 Å². The summed E-state index contributed by atoms with van der Waals surface area (Å²) in [5.74, 6) is -0.158. The van der Waals surface area contributed by atoms with Crippen LogP contribution in [-0.4, -0.2) is 11.8 Å². The molecule has 0 aromatic heterocycles. The number of halogens is 1. The Labute approximate surface area is 147 Å². The molecule has 0 unspecified atom stereocenters. The second kappa shape index (κ2) is 13.4. The molecule has 1 aromatic carbocycles. The molecule has 23 heavy (non-hydrogen) atoms. The summed E-state index contributed by atoms with van der Waals surface area (Å²) in [6, 6.07) is 8.10. The Morgan fingerprint density at radius 1 is 0.870 bits per heavy atom. The molecule has 1 rings (SSSR count). The van der Waals surface area contributed by atoms with Crippen LogP contribution in [0.5, 0.6) is 0 Å². The van der Waals surface area contributed by atoms with Gasteiger partial charge in [0.1, 0.15) is 5.88 Å². The third-order valence-electron chi connectivity index (χ3n) is 4.18. The number of hydrogen-bond acceptors (Lipinski definition) is 1. The van der Waals surface area contributed by atoms with Crippen LogP contribution in [0.4, 0.5) is 5.69 Å². The summed E-state index contributed by atoms with van der Waals surface area (Å²) in [5.41, 5.74) is 2.16. The second-order valence-corrected chi connectivity index (χ2v) is 6.58. The molecule has 0 saturated carbocycles. The summed E-state index contributed by atoms with van der Waals surface area (Å²) in [7, 11) is 0. The number of carbonyl (C=O) groups is 1. The molecule has 0 radical (unpaired) electrons. The predicted molar refractivity (Wildman–Crippen MR) is 101 cm³/mol. The molecule has 1 amide bonds. The number of amides is 1. The predicted octanol–water partition coefficient (Wildman–Crippen LogP) is 6.33. The maximum Gasteiger partial charge on any atom is 0.239 e. The van der Waals surface area contributed by atoms with Crippen molar-refractivity contribution < 1.29 is 4.79 Å². The van der Waals surface area contributed by atoms with E-state index >= 15 is 0 Å². The molecule has 130 valence electrons. The Bertz CT molecular complexity index is 416. The van der Waals surface area contributed by atoms with Gasteiger partial charge in [0.25, 0.3) is 0 Å². The van der Waals surface area contributed by atoms with Crippen LogP contribution in [0.1, 0.15) is 76.7 Å². The molecular formula is C20H32ClNO. The quantitative estimate of drug-likeness (QED) is 0.331. The fourth-order valence-corrected chi connectivity index (χ4v) is 2.83. The number of anilines is 1. The highest BCUT2D eigenvalue weighted by atomic mass is 35.5. The zero-order valence-corrected chi connectivity index (χ0v) is 15.3. The summed E-state index contributed by atoms with van der Waals surface area (Å²) in [6.07, 6.45) is 14.8. The van der Waals surface area contributed by atoms with Crippen molar-refractivity contribution >= 4 is 23.2 Å². The van der Waals surface area contributed by atoms with Gasteiger partial charge >= 0.3 is 0 Å². The van der Waals surface area contributed by atoms with Crippen molar-refractivity contribution in [3.8, 4) is 0 Å². The Balaban J connectivity index is 2.02. The second-order valence-electron chi connectivity index (χ2n) is 6.31. The number of rotatable bonds is 13. The topological polar surface area (TPSA) is 29.1 Å². The number of aryl methyl sites for hydroxylation is 1. The van der Waals surface area contributed by atoms with E-state index in [1.165, 1.54) is 69.8 Å². The van der Waals surface area contributed by atoms with Crippen LogP contribution in [0.3, 0.4) is 0 Å². The van der Waals surface area contributed by atoms with Crippen LogP contribution in [0.25, 0.3) is 0 Å². The molecule has 0 saturated heterocycles. The Morgan fingerprint density at radius 2 is 1.39 bits per heavy atom. The lowest BCUT2D eigenvalue weighted by Crippen LogP contribution is -2.12. The fraction of sp³-hybridized carbons (Fsp3) is 0.650. The first-order chi connectivity index (χ1) is 11.3. The van der Waals surface area contributed by atoms with E-state index in [0.717, 1.165) is 12.1 Å². The Kier molecular flexibility index (Phi) is 11.7. The average molecular weight is 338 g/mol. The van der Waals surface area contributed by atoms with E-state index in [4.69, 9.17) is 11.6 Å². The highest BCUT2D eigenvalue weighted by molar-refractivity contribution is 6.29. The molecule has 0 heterocycles. The van der Waals surface area contributed by atoms with Gasteiger partial charge < -0.3 is 5.32 Å². The van der Waals surface area contributed by atoms with Crippen LogP contribution in [-0.2, 0) is 11.2 Å². The SMILES string of the molecule is CCCCCCCCCCCCc1ccc(NC(=O)CCl)cc1. The third kappa shape index (κ3) is 10.4. The fourth-order valence-electron chi connectivity index (χ4n) is 2.77. The molecule has 0 fully saturated rings. The molecule has 1 aromatic rings. The Morgan fingerprint density at radius 3 is 1.91 bits per heavy atom. The number of unbranched alkanes of at least 4 members (excludes halogenated alkanes) is 9. The van der Waals surface area contributed by atoms with E-state index in [1.807, 2.05) is 12.1 Å². The van der Waals surface area contributed by atoms with Crippen LogP contribution < -0.4 is 5.32 Å². The normalized spacial score (nSPS) is 10.7. The molecule has 1 N–H and O–H groups in total. The number of benzene rings is 1. The Hall–Kier alpha value is -1.02. The summed E-state index contributed by atoms with van der Waals surface area (Å²) in [5, 5.41) is 2.76. The smallest absolute Gasteiger partial charge is 0.239 e.